The molecule has 1 aliphatic carbocycles. The van der Waals surface area contributed by atoms with Crippen LogP contribution in [0.4, 0.5) is 0 Å². The minimum absolute atomic E-state index is 0.278. The van der Waals surface area contributed by atoms with E-state index in [1.807, 2.05) is 31.2 Å². The predicted molar refractivity (Wildman–Crippen MR) is 69.3 cm³/mol. The molecule has 0 spiro atoms. The van der Waals surface area contributed by atoms with Crippen LogP contribution in [-0.4, -0.2) is 17.3 Å². The fraction of sp³-hybridized carbons (Fsp3) is 0.600. The monoisotopic (exact) mass is 234 g/mol. The second-order valence-electron chi connectivity index (χ2n) is 5.07. The Bertz CT molecular complexity index is 323. The van der Waals surface area contributed by atoms with E-state index in [4.69, 9.17) is 4.74 Å². The lowest BCUT2D eigenvalue weighted by atomic mass is 9.98. The molecule has 1 unspecified atom stereocenters. The van der Waals surface area contributed by atoms with Gasteiger partial charge >= 0.3 is 0 Å². The number of ether oxygens (including phenoxy) is 1. The maximum Gasteiger partial charge on any atom is 0.119 e. The van der Waals surface area contributed by atoms with E-state index in [0.29, 0.717) is 12.5 Å². The molecule has 2 rings (SSSR count). The molecule has 0 radical (unpaired) electrons. The third-order valence-corrected chi connectivity index (χ3v) is 3.31. The Kier molecular flexibility index (Phi) is 4.43. The summed E-state index contributed by atoms with van der Waals surface area (Å²) in [7, 11) is 0. The van der Waals surface area contributed by atoms with Crippen LogP contribution in [0.3, 0.4) is 0 Å². The van der Waals surface area contributed by atoms with Gasteiger partial charge in [0.25, 0.3) is 0 Å². The average molecular weight is 234 g/mol. The summed E-state index contributed by atoms with van der Waals surface area (Å²) in [6.07, 6.45) is 7.17. The molecule has 1 saturated carbocycles. The lowest BCUT2D eigenvalue weighted by Crippen LogP contribution is -2.19. The van der Waals surface area contributed by atoms with E-state index in [1.54, 1.807) is 0 Å². The zero-order valence-electron chi connectivity index (χ0n) is 10.6. The van der Waals surface area contributed by atoms with Crippen molar-refractivity contribution in [3.05, 3.63) is 29.8 Å². The van der Waals surface area contributed by atoms with E-state index in [2.05, 4.69) is 0 Å². The Hall–Kier alpha value is -1.02. The van der Waals surface area contributed by atoms with E-state index in [9.17, 15) is 5.11 Å². The molecule has 0 aliphatic heterocycles. The summed E-state index contributed by atoms with van der Waals surface area (Å²) in [6, 6.07) is 8.13. The highest BCUT2D eigenvalue weighted by Crippen LogP contribution is 2.23. The van der Waals surface area contributed by atoms with Crippen molar-refractivity contribution in [1.29, 1.82) is 0 Å². The summed E-state index contributed by atoms with van der Waals surface area (Å²) >= 11 is 0. The van der Waals surface area contributed by atoms with Crippen molar-refractivity contribution in [2.24, 2.45) is 0 Å². The first-order valence-electron chi connectivity index (χ1n) is 6.68. The summed E-state index contributed by atoms with van der Waals surface area (Å²) in [5, 5.41) is 9.30. The molecular formula is C15H22O2. The van der Waals surface area contributed by atoms with Crippen molar-refractivity contribution in [2.45, 2.75) is 57.7 Å². The number of aliphatic hydroxyl groups excluding tert-OH is 1. The smallest absolute Gasteiger partial charge is 0.119 e. The minimum Gasteiger partial charge on any atom is -0.490 e. The van der Waals surface area contributed by atoms with Crippen molar-refractivity contribution in [3.63, 3.8) is 0 Å². The molecule has 0 aromatic heterocycles. The van der Waals surface area contributed by atoms with Gasteiger partial charge in [-0.1, -0.05) is 18.6 Å². The quantitative estimate of drug-likeness (QED) is 0.866. The Balaban J connectivity index is 1.88. The van der Waals surface area contributed by atoms with E-state index in [0.717, 1.165) is 11.3 Å². The number of aliphatic hydroxyl groups is 1. The lowest BCUT2D eigenvalue weighted by Gasteiger charge is -2.23. The Labute approximate surface area is 104 Å². The molecule has 1 aromatic carbocycles. The van der Waals surface area contributed by atoms with Crippen LogP contribution in [0.5, 0.6) is 5.75 Å². The van der Waals surface area contributed by atoms with Crippen molar-refractivity contribution < 1.29 is 9.84 Å². The van der Waals surface area contributed by atoms with Crippen LogP contribution in [0.1, 0.15) is 44.6 Å². The maximum absolute atomic E-state index is 9.30. The van der Waals surface area contributed by atoms with Gasteiger partial charge in [0.2, 0.25) is 0 Å². The molecule has 0 bridgehead atoms. The van der Waals surface area contributed by atoms with E-state index >= 15 is 0 Å². The van der Waals surface area contributed by atoms with Gasteiger partial charge in [0.15, 0.2) is 0 Å². The first-order chi connectivity index (χ1) is 8.24. The van der Waals surface area contributed by atoms with Crippen molar-refractivity contribution in [3.8, 4) is 5.75 Å². The second kappa shape index (κ2) is 6.06. The lowest BCUT2D eigenvalue weighted by molar-refractivity contribution is 0.155. The summed E-state index contributed by atoms with van der Waals surface area (Å²) in [6.45, 7) is 1.81. The van der Waals surface area contributed by atoms with Gasteiger partial charge in [0.05, 0.1) is 12.2 Å². The van der Waals surface area contributed by atoms with E-state index in [1.165, 1.54) is 32.1 Å². The van der Waals surface area contributed by atoms with Crippen LogP contribution in [0, 0.1) is 0 Å². The van der Waals surface area contributed by atoms with Gasteiger partial charge in [0.1, 0.15) is 5.75 Å². The Morgan fingerprint density at radius 2 is 1.82 bits per heavy atom. The zero-order chi connectivity index (χ0) is 12.1. The number of benzene rings is 1. The standard InChI is InChI=1S/C15H22O2/c1-12(16)11-13-7-9-15(10-8-13)17-14-5-3-2-4-6-14/h7-10,12,14,16H,2-6,11H2,1H3. The molecule has 2 nitrogen and oxygen atoms in total. The van der Waals surface area contributed by atoms with Gasteiger partial charge < -0.3 is 9.84 Å². The first-order valence-corrected chi connectivity index (χ1v) is 6.68. The van der Waals surface area contributed by atoms with E-state index in [-0.39, 0.29) is 6.10 Å². The average Bonchev–Trinajstić information content (AvgIpc) is 2.32. The zero-order valence-corrected chi connectivity index (χ0v) is 10.6. The van der Waals surface area contributed by atoms with Gasteiger partial charge in [-0.3, -0.25) is 0 Å². The summed E-state index contributed by atoms with van der Waals surface area (Å²) in [4.78, 5) is 0. The minimum atomic E-state index is -0.278. The summed E-state index contributed by atoms with van der Waals surface area (Å²) < 4.78 is 5.95. The van der Waals surface area contributed by atoms with Gasteiger partial charge in [-0.05, 0) is 56.7 Å². The van der Waals surface area contributed by atoms with Gasteiger partial charge in [-0.2, -0.15) is 0 Å². The van der Waals surface area contributed by atoms with Crippen molar-refractivity contribution in [2.75, 3.05) is 0 Å². The van der Waals surface area contributed by atoms with E-state index < -0.39 is 0 Å². The molecule has 1 aliphatic rings. The highest BCUT2D eigenvalue weighted by molar-refractivity contribution is 5.27. The fourth-order valence-corrected chi connectivity index (χ4v) is 2.42. The molecular weight excluding hydrogens is 212 g/mol. The van der Waals surface area contributed by atoms with Crippen LogP contribution in [0.25, 0.3) is 0 Å². The highest BCUT2D eigenvalue weighted by atomic mass is 16.5. The third kappa shape index (κ3) is 4.04. The number of rotatable bonds is 4. The Morgan fingerprint density at radius 3 is 2.41 bits per heavy atom. The number of hydrogen-bond donors (Lipinski definition) is 1. The molecule has 1 fully saturated rings. The first kappa shape index (κ1) is 12.4. The highest BCUT2D eigenvalue weighted by Gasteiger charge is 2.14. The molecule has 94 valence electrons. The molecule has 17 heavy (non-hydrogen) atoms. The Morgan fingerprint density at radius 1 is 1.18 bits per heavy atom. The predicted octanol–water partition coefficient (Wildman–Crippen LogP) is 3.32. The largest absolute Gasteiger partial charge is 0.490 e. The van der Waals surface area contributed by atoms with Gasteiger partial charge in [0, 0.05) is 0 Å². The van der Waals surface area contributed by atoms with Crippen LogP contribution >= 0.6 is 0 Å². The van der Waals surface area contributed by atoms with Gasteiger partial charge in [-0.25, -0.2) is 0 Å². The van der Waals surface area contributed by atoms with Gasteiger partial charge in [-0.15, -0.1) is 0 Å². The molecule has 0 heterocycles. The maximum atomic E-state index is 9.30. The molecule has 1 atom stereocenters. The SMILES string of the molecule is CC(O)Cc1ccc(OC2CCCCC2)cc1. The second-order valence-corrected chi connectivity index (χ2v) is 5.07. The van der Waals surface area contributed by atoms with Crippen LogP contribution in [0.15, 0.2) is 24.3 Å². The summed E-state index contributed by atoms with van der Waals surface area (Å²) in [5.74, 6) is 0.964. The van der Waals surface area contributed by atoms with Crippen molar-refractivity contribution >= 4 is 0 Å². The fourth-order valence-electron chi connectivity index (χ4n) is 2.42. The van der Waals surface area contributed by atoms with Crippen molar-refractivity contribution in [1.82, 2.24) is 0 Å². The molecule has 0 amide bonds. The molecule has 2 heteroatoms. The van der Waals surface area contributed by atoms with Crippen LogP contribution in [0.2, 0.25) is 0 Å². The normalized spacial score (nSPS) is 18.9. The summed E-state index contributed by atoms with van der Waals surface area (Å²) in [5.41, 5.74) is 1.16. The third-order valence-electron chi connectivity index (χ3n) is 3.31. The molecule has 1 aromatic rings. The topological polar surface area (TPSA) is 29.5 Å². The van der Waals surface area contributed by atoms with Crippen LogP contribution in [-0.2, 0) is 6.42 Å². The van der Waals surface area contributed by atoms with Crippen LogP contribution < -0.4 is 4.74 Å². The molecule has 0 saturated heterocycles. The molecule has 1 N–H and O–H groups in total. The number of hydrogen-bond acceptors (Lipinski definition) is 2.